The number of hydrogen-bond acceptors (Lipinski definition) is 0. The Balaban J connectivity index is 3.25. The Kier molecular flexibility index (Phi) is 3.01. The van der Waals surface area contributed by atoms with Gasteiger partial charge in [0.15, 0.2) is 0 Å². The van der Waals surface area contributed by atoms with Crippen molar-refractivity contribution in [3.8, 4) is 0 Å². The van der Waals surface area contributed by atoms with Crippen LogP contribution in [0, 0.1) is 11.6 Å². The zero-order valence-electron chi connectivity index (χ0n) is 5.37. The van der Waals surface area contributed by atoms with Gasteiger partial charge in [-0.05, 0) is 6.07 Å². The lowest BCUT2D eigenvalue weighted by atomic mass is 10.2. The first-order valence-corrected chi connectivity index (χ1v) is 4.76. The van der Waals surface area contributed by atoms with Crippen LogP contribution in [0.1, 0.15) is 5.56 Å². The highest BCUT2D eigenvalue weighted by atomic mass is 79.9. The smallest absolute Gasteiger partial charge is 0.131 e. The van der Waals surface area contributed by atoms with E-state index in [1.54, 1.807) is 0 Å². The largest absolute Gasteiger partial charge is 0.207 e. The monoisotopic (exact) mass is 284 g/mol. The summed E-state index contributed by atoms with van der Waals surface area (Å²) >= 11 is 6.14. The van der Waals surface area contributed by atoms with Gasteiger partial charge >= 0.3 is 0 Å². The summed E-state index contributed by atoms with van der Waals surface area (Å²) in [6.45, 7) is 0. The molecule has 0 radical (unpaired) electrons. The summed E-state index contributed by atoms with van der Waals surface area (Å²) in [4.78, 5) is 0. The number of hydrogen-bond donors (Lipinski definition) is 0. The maximum Gasteiger partial charge on any atom is 0.131 e. The minimum absolute atomic E-state index is 0.375. The average Bonchev–Trinajstić information content (AvgIpc) is 1.85. The SMILES string of the molecule is Fc1cc(F)c(CBr)c(Br)c1. The molecule has 1 rings (SSSR count). The van der Waals surface area contributed by atoms with Crippen LogP contribution >= 0.6 is 31.9 Å². The number of alkyl halides is 1. The standard InChI is InChI=1S/C7H4Br2F2/c8-3-5-6(9)1-4(10)2-7(5)11/h1-2H,3H2. The zero-order chi connectivity index (χ0) is 8.43. The van der Waals surface area contributed by atoms with Gasteiger partial charge in [-0.3, -0.25) is 0 Å². The molecule has 1 aromatic carbocycles. The van der Waals surface area contributed by atoms with Crippen molar-refractivity contribution in [1.82, 2.24) is 0 Å². The summed E-state index contributed by atoms with van der Waals surface area (Å²) in [6, 6.07) is 2.10. The van der Waals surface area contributed by atoms with Crippen molar-refractivity contribution >= 4 is 31.9 Å². The van der Waals surface area contributed by atoms with Crippen molar-refractivity contribution in [3.63, 3.8) is 0 Å². The molecule has 0 saturated heterocycles. The normalized spacial score (nSPS) is 10.2. The highest BCUT2D eigenvalue weighted by Gasteiger charge is 2.07. The van der Waals surface area contributed by atoms with Crippen LogP contribution in [0.2, 0.25) is 0 Å². The van der Waals surface area contributed by atoms with E-state index in [-0.39, 0.29) is 0 Å². The van der Waals surface area contributed by atoms with E-state index in [2.05, 4.69) is 31.9 Å². The van der Waals surface area contributed by atoms with Gasteiger partial charge in [0.25, 0.3) is 0 Å². The molecule has 0 unspecified atom stereocenters. The molecule has 0 aromatic heterocycles. The van der Waals surface area contributed by atoms with Crippen LogP contribution in [0.4, 0.5) is 8.78 Å². The Labute approximate surface area is 79.9 Å². The number of benzene rings is 1. The lowest BCUT2D eigenvalue weighted by Gasteiger charge is -2.01. The second-order valence-electron chi connectivity index (χ2n) is 1.98. The Morgan fingerprint density at radius 2 is 1.91 bits per heavy atom. The van der Waals surface area contributed by atoms with Crippen LogP contribution < -0.4 is 0 Å². The van der Waals surface area contributed by atoms with Crippen molar-refractivity contribution < 1.29 is 8.78 Å². The Hall–Kier alpha value is 0.0400. The molecule has 0 fully saturated rings. The first kappa shape index (κ1) is 9.13. The molecule has 0 bridgehead atoms. The second kappa shape index (κ2) is 3.63. The van der Waals surface area contributed by atoms with E-state index in [4.69, 9.17) is 0 Å². The van der Waals surface area contributed by atoms with E-state index in [1.165, 1.54) is 6.07 Å². The van der Waals surface area contributed by atoms with Gasteiger partial charge < -0.3 is 0 Å². The third kappa shape index (κ3) is 1.99. The molecule has 60 valence electrons. The Morgan fingerprint density at radius 3 is 2.36 bits per heavy atom. The molecule has 1 aromatic rings. The third-order valence-corrected chi connectivity index (χ3v) is 2.51. The predicted molar refractivity (Wildman–Crippen MR) is 46.7 cm³/mol. The summed E-state index contributed by atoms with van der Waals surface area (Å²) < 4.78 is 25.7. The van der Waals surface area contributed by atoms with E-state index < -0.39 is 11.6 Å². The highest BCUT2D eigenvalue weighted by molar-refractivity contribution is 9.10. The molecule has 0 saturated carbocycles. The lowest BCUT2D eigenvalue weighted by molar-refractivity contribution is 0.575. The summed E-state index contributed by atoms with van der Waals surface area (Å²) in [5.41, 5.74) is 0.436. The zero-order valence-corrected chi connectivity index (χ0v) is 8.55. The highest BCUT2D eigenvalue weighted by Crippen LogP contribution is 2.23. The average molecular weight is 286 g/mol. The fourth-order valence-corrected chi connectivity index (χ4v) is 2.19. The minimum atomic E-state index is -0.570. The maximum atomic E-state index is 12.8. The molecular formula is C7H4Br2F2. The molecule has 4 heteroatoms. The molecule has 0 heterocycles. The first-order chi connectivity index (χ1) is 5.15. The lowest BCUT2D eigenvalue weighted by Crippen LogP contribution is -1.89. The van der Waals surface area contributed by atoms with E-state index in [1.807, 2.05) is 0 Å². The van der Waals surface area contributed by atoms with Crippen molar-refractivity contribution in [3.05, 3.63) is 33.8 Å². The fraction of sp³-hybridized carbons (Fsp3) is 0.143. The molecular weight excluding hydrogens is 282 g/mol. The van der Waals surface area contributed by atoms with Crippen molar-refractivity contribution in [1.29, 1.82) is 0 Å². The van der Waals surface area contributed by atoms with Gasteiger partial charge in [-0.15, -0.1) is 0 Å². The predicted octanol–water partition coefficient (Wildman–Crippen LogP) is 3.62. The summed E-state index contributed by atoms with van der Waals surface area (Å²) in [7, 11) is 0. The van der Waals surface area contributed by atoms with Gasteiger partial charge in [0, 0.05) is 21.4 Å². The third-order valence-electron chi connectivity index (χ3n) is 1.24. The molecule has 0 N–H and O–H groups in total. The molecule has 0 amide bonds. The molecule has 0 atom stereocenters. The van der Waals surface area contributed by atoms with E-state index in [0.717, 1.165) is 6.07 Å². The van der Waals surface area contributed by atoms with Gasteiger partial charge in [0.05, 0.1) is 0 Å². The fourth-order valence-electron chi connectivity index (χ4n) is 0.700. The summed E-state index contributed by atoms with van der Waals surface area (Å²) in [6.07, 6.45) is 0. The van der Waals surface area contributed by atoms with Crippen LogP contribution in [-0.4, -0.2) is 0 Å². The van der Waals surface area contributed by atoms with Crippen LogP contribution in [0.5, 0.6) is 0 Å². The van der Waals surface area contributed by atoms with Crippen LogP contribution in [0.15, 0.2) is 16.6 Å². The van der Waals surface area contributed by atoms with Gasteiger partial charge in [-0.2, -0.15) is 0 Å². The van der Waals surface area contributed by atoms with Crippen molar-refractivity contribution in [2.75, 3.05) is 0 Å². The van der Waals surface area contributed by atoms with Crippen LogP contribution in [0.25, 0.3) is 0 Å². The number of rotatable bonds is 1. The van der Waals surface area contributed by atoms with E-state index in [9.17, 15) is 8.78 Å². The van der Waals surface area contributed by atoms with Gasteiger partial charge in [-0.25, -0.2) is 8.78 Å². The van der Waals surface area contributed by atoms with Crippen molar-refractivity contribution in [2.45, 2.75) is 5.33 Å². The van der Waals surface area contributed by atoms with Gasteiger partial charge in [0.1, 0.15) is 11.6 Å². The molecule has 11 heavy (non-hydrogen) atoms. The summed E-state index contributed by atoms with van der Waals surface area (Å²) in [5.74, 6) is -1.10. The van der Waals surface area contributed by atoms with Crippen molar-refractivity contribution in [2.24, 2.45) is 0 Å². The topological polar surface area (TPSA) is 0 Å². The van der Waals surface area contributed by atoms with Gasteiger partial charge in [-0.1, -0.05) is 31.9 Å². The van der Waals surface area contributed by atoms with Gasteiger partial charge in [0.2, 0.25) is 0 Å². The molecule has 0 spiro atoms. The molecule has 0 aliphatic heterocycles. The number of halogens is 4. The molecule has 0 aliphatic rings. The summed E-state index contributed by atoms with van der Waals surface area (Å²) in [5, 5.41) is 0.375. The molecule has 0 aliphatic carbocycles. The molecule has 0 nitrogen and oxygen atoms in total. The Bertz CT molecular complexity index is 250. The van der Waals surface area contributed by atoms with Crippen LogP contribution in [0.3, 0.4) is 0 Å². The second-order valence-corrected chi connectivity index (χ2v) is 3.40. The Morgan fingerprint density at radius 1 is 1.27 bits per heavy atom. The quantitative estimate of drug-likeness (QED) is 0.692. The minimum Gasteiger partial charge on any atom is -0.207 e. The maximum absolute atomic E-state index is 12.8. The first-order valence-electron chi connectivity index (χ1n) is 2.84. The van der Waals surface area contributed by atoms with E-state index >= 15 is 0 Å². The van der Waals surface area contributed by atoms with Crippen LogP contribution in [-0.2, 0) is 5.33 Å². The van der Waals surface area contributed by atoms with E-state index in [0.29, 0.717) is 15.4 Å².